The first kappa shape index (κ1) is 11.9. The summed E-state index contributed by atoms with van der Waals surface area (Å²) >= 11 is 0. The molecule has 4 nitrogen and oxygen atoms in total. The topological polar surface area (TPSA) is 86.4 Å². The van der Waals surface area contributed by atoms with Gasteiger partial charge in [-0.1, -0.05) is 5.75 Å². The Morgan fingerprint density at radius 1 is 1.50 bits per heavy atom. The third-order valence-electron chi connectivity index (χ3n) is 1.24. The smallest absolute Gasteiger partial charge is 0.335 e. The normalized spacial score (nSPS) is 8.67. The molecule has 0 bridgehead atoms. The SMILES string of the molecule is Nc1ccc(C(=O)O)c([O-])c1.[K]. The van der Waals surface area contributed by atoms with Gasteiger partial charge in [-0.3, -0.25) is 0 Å². The van der Waals surface area contributed by atoms with Crippen LogP contribution >= 0.6 is 0 Å². The molecule has 0 saturated carbocycles. The summed E-state index contributed by atoms with van der Waals surface area (Å²) < 4.78 is 0. The zero-order valence-electron chi connectivity index (χ0n) is 6.57. The van der Waals surface area contributed by atoms with Crippen molar-refractivity contribution >= 4 is 63.0 Å². The van der Waals surface area contributed by atoms with Gasteiger partial charge in [-0.2, -0.15) is 0 Å². The van der Waals surface area contributed by atoms with E-state index in [4.69, 9.17) is 10.8 Å². The number of aromatic carboxylic acids is 1. The second-order valence-corrected chi connectivity index (χ2v) is 2.06. The number of hydrogen-bond acceptors (Lipinski definition) is 3. The third-order valence-corrected chi connectivity index (χ3v) is 1.24. The van der Waals surface area contributed by atoms with Crippen molar-refractivity contribution in [3.8, 4) is 5.75 Å². The van der Waals surface area contributed by atoms with E-state index in [9.17, 15) is 9.90 Å². The van der Waals surface area contributed by atoms with Crippen LogP contribution in [0.1, 0.15) is 10.4 Å². The van der Waals surface area contributed by atoms with Crippen LogP contribution in [0.5, 0.6) is 5.75 Å². The maximum atomic E-state index is 10.8. The zero-order chi connectivity index (χ0) is 8.43. The van der Waals surface area contributed by atoms with Gasteiger partial charge in [-0.05, 0) is 18.2 Å². The molecule has 0 unspecified atom stereocenters. The third kappa shape index (κ3) is 2.76. The molecule has 0 heterocycles. The molecule has 0 aliphatic rings. The Kier molecular flexibility index (Phi) is 4.80. The van der Waals surface area contributed by atoms with E-state index in [2.05, 4.69) is 0 Å². The summed E-state index contributed by atoms with van der Waals surface area (Å²) in [4.78, 5) is 10.3. The molecule has 0 saturated heterocycles. The van der Waals surface area contributed by atoms with Gasteiger partial charge < -0.3 is 15.9 Å². The molecular formula is C7H6KNO3-. The van der Waals surface area contributed by atoms with E-state index in [0.717, 1.165) is 6.07 Å². The van der Waals surface area contributed by atoms with Crippen molar-refractivity contribution in [1.29, 1.82) is 0 Å². The van der Waals surface area contributed by atoms with Gasteiger partial charge in [0.25, 0.3) is 0 Å². The van der Waals surface area contributed by atoms with Crippen LogP contribution in [0.3, 0.4) is 0 Å². The van der Waals surface area contributed by atoms with Gasteiger partial charge in [0.05, 0.1) is 5.56 Å². The molecule has 0 aliphatic heterocycles. The Bertz CT molecular complexity index is 301. The van der Waals surface area contributed by atoms with E-state index in [-0.39, 0.29) is 62.6 Å². The van der Waals surface area contributed by atoms with E-state index in [1.165, 1.54) is 12.1 Å². The minimum absolute atomic E-state index is 0. The van der Waals surface area contributed by atoms with Crippen molar-refractivity contribution < 1.29 is 15.0 Å². The van der Waals surface area contributed by atoms with E-state index in [1.54, 1.807) is 0 Å². The number of hydrogen-bond donors (Lipinski definition) is 2. The van der Waals surface area contributed by atoms with Crippen molar-refractivity contribution in [2.45, 2.75) is 0 Å². The fourth-order valence-electron chi connectivity index (χ4n) is 0.716. The Morgan fingerprint density at radius 2 is 2.08 bits per heavy atom. The van der Waals surface area contributed by atoms with Gasteiger partial charge in [0.15, 0.2) is 0 Å². The average molecular weight is 191 g/mol. The maximum Gasteiger partial charge on any atom is 0.335 e. The fourth-order valence-corrected chi connectivity index (χ4v) is 0.716. The Labute approximate surface area is 112 Å². The Hall–Kier alpha value is -0.0736. The molecule has 1 rings (SSSR count). The standard InChI is InChI=1S/C7H7NO3.K/c8-4-1-2-5(7(10)11)6(9)3-4;/h1-3,9H,8H2,(H,10,11);/p-1. The number of carboxylic acids is 1. The monoisotopic (exact) mass is 191 g/mol. The summed E-state index contributed by atoms with van der Waals surface area (Å²) in [5.74, 6) is -1.78. The van der Waals surface area contributed by atoms with Gasteiger partial charge in [-0.25, -0.2) is 4.79 Å². The van der Waals surface area contributed by atoms with E-state index in [0.29, 0.717) is 0 Å². The average Bonchev–Trinajstić information content (AvgIpc) is 1.85. The largest absolute Gasteiger partial charge is 0.872 e. The minimum Gasteiger partial charge on any atom is -0.872 e. The van der Waals surface area contributed by atoms with Crippen LogP contribution in [0.25, 0.3) is 0 Å². The molecule has 3 N–H and O–H groups in total. The number of nitrogens with two attached hydrogens (primary N) is 1. The van der Waals surface area contributed by atoms with Gasteiger partial charge in [-0.15, -0.1) is 0 Å². The van der Waals surface area contributed by atoms with Crippen molar-refractivity contribution in [1.82, 2.24) is 0 Å². The van der Waals surface area contributed by atoms with Crippen LogP contribution < -0.4 is 10.8 Å². The fraction of sp³-hybridized carbons (Fsp3) is 0. The second-order valence-electron chi connectivity index (χ2n) is 2.06. The van der Waals surface area contributed by atoms with Gasteiger partial charge in [0.2, 0.25) is 0 Å². The van der Waals surface area contributed by atoms with Gasteiger partial charge in [0.1, 0.15) is 0 Å². The molecule has 0 aliphatic carbocycles. The Morgan fingerprint density at radius 3 is 2.50 bits per heavy atom. The minimum atomic E-state index is -1.23. The molecule has 0 aromatic heterocycles. The number of carboxylic acid groups (broad SMARTS) is 1. The van der Waals surface area contributed by atoms with Crippen molar-refractivity contribution in [3.63, 3.8) is 0 Å². The number of anilines is 1. The molecular weight excluding hydrogens is 185 g/mol. The summed E-state index contributed by atoms with van der Waals surface area (Å²) in [7, 11) is 0. The van der Waals surface area contributed by atoms with Crippen LogP contribution in [-0.4, -0.2) is 62.5 Å². The Balaban J connectivity index is 0.00000121. The quantitative estimate of drug-likeness (QED) is 0.469. The van der Waals surface area contributed by atoms with Crippen LogP contribution in [0, 0.1) is 0 Å². The van der Waals surface area contributed by atoms with Crippen molar-refractivity contribution in [3.05, 3.63) is 23.8 Å². The number of rotatable bonds is 1. The molecule has 5 heteroatoms. The molecule has 1 aromatic carbocycles. The van der Waals surface area contributed by atoms with Crippen LogP contribution in [0.15, 0.2) is 18.2 Å². The first-order valence-electron chi connectivity index (χ1n) is 2.91. The van der Waals surface area contributed by atoms with Gasteiger partial charge >= 0.3 is 5.97 Å². The summed E-state index contributed by atoms with van der Waals surface area (Å²) in [6.45, 7) is 0. The van der Waals surface area contributed by atoms with E-state index < -0.39 is 11.7 Å². The number of nitrogen functional groups attached to an aromatic ring is 1. The first-order valence-corrected chi connectivity index (χ1v) is 2.91. The predicted octanol–water partition coefficient (Wildman–Crippen LogP) is -0.340. The van der Waals surface area contributed by atoms with E-state index in [1.807, 2.05) is 0 Å². The molecule has 1 aromatic rings. The van der Waals surface area contributed by atoms with Crippen molar-refractivity contribution in [2.75, 3.05) is 5.73 Å². The van der Waals surface area contributed by atoms with Crippen molar-refractivity contribution in [2.24, 2.45) is 0 Å². The predicted molar refractivity (Wildman–Crippen MR) is 43.0 cm³/mol. The molecule has 12 heavy (non-hydrogen) atoms. The molecule has 0 spiro atoms. The molecule has 0 fully saturated rings. The van der Waals surface area contributed by atoms with Crippen LogP contribution in [0.4, 0.5) is 5.69 Å². The zero-order valence-corrected chi connectivity index (χ0v) is 9.70. The molecule has 0 amide bonds. The second kappa shape index (κ2) is 4.83. The molecule has 1 radical (unpaired) electrons. The summed E-state index contributed by atoms with van der Waals surface area (Å²) in [5, 5.41) is 19.2. The summed E-state index contributed by atoms with van der Waals surface area (Å²) in [6.07, 6.45) is 0. The number of benzene rings is 1. The molecule has 59 valence electrons. The van der Waals surface area contributed by atoms with E-state index >= 15 is 0 Å². The van der Waals surface area contributed by atoms with Crippen LogP contribution in [-0.2, 0) is 0 Å². The maximum absolute atomic E-state index is 10.8. The summed E-state index contributed by atoms with van der Waals surface area (Å²) in [6, 6.07) is 3.66. The van der Waals surface area contributed by atoms with Gasteiger partial charge in [0, 0.05) is 57.1 Å². The first-order chi connectivity index (χ1) is 5.11. The molecule has 0 atom stereocenters. The van der Waals surface area contributed by atoms with Crippen LogP contribution in [0.2, 0.25) is 0 Å². The number of carbonyl (C=O) groups is 1. The summed E-state index contributed by atoms with van der Waals surface area (Å²) in [5.41, 5.74) is 5.26.